The van der Waals surface area contributed by atoms with Gasteiger partial charge in [-0.25, -0.2) is 0 Å². The maximum absolute atomic E-state index is 13.2. The fourth-order valence-electron chi connectivity index (χ4n) is 4.01. The summed E-state index contributed by atoms with van der Waals surface area (Å²) in [7, 11) is 2.98. The molecule has 9 heteroatoms. The zero-order valence-electron chi connectivity index (χ0n) is 18.7. The van der Waals surface area contributed by atoms with E-state index in [1.54, 1.807) is 55.6 Å². The number of aliphatic hydroxyl groups is 1. The van der Waals surface area contributed by atoms with E-state index in [0.29, 0.717) is 16.3 Å². The molecule has 0 saturated carbocycles. The largest absolute Gasteiger partial charge is 0.507 e. The van der Waals surface area contributed by atoms with Crippen molar-refractivity contribution in [3.63, 3.8) is 0 Å². The van der Waals surface area contributed by atoms with E-state index in [9.17, 15) is 14.7 Å². The van der Waals surface area contributed by atoms with Crippen molar-refractivity contribution in [2.24, 2.45) is 0 Å². The van der Waals surface area contributed by atoms with Crippen molar-refractivity contribution in [1.82, 2.24) is 4.90 Å². The predicted octanol–water partition coefficient (Wildman–Crippen LogP) is 6.29. The summed E-state index contributed by atoms with van der Waals surface area (Å²) in [6.45, 7) is 0.128. The Hall–Kier alpha value is -3.19. The summed E-state index contributed by atoms with van der Waals surface area (Å²) >= 11 is 18.6. The quantitative estimate of drug-likeness (QED) is 0.229. The van der Waals surface area contributed by atoms with Gasteiger partial charge >= 0.3 is 0 Å². The number of hydrogen-bond donors (Lipinski definition) is 1. The number of benzene rings is 3. The van der Waals surface area contributed by atoms with E-state index in [0.717, 1.165) is 5.56 Å². The number of amides is 1. The van der Waals surface area contributed by atoms with Gasteiger partial charge in [0, 0.05) is 17.1 Å². The maximum atomic E-state index is 13.2. The summed E-state index contributed by atoms with van der Waals surface area (Å²) in [6, 6.07) is 15.9. The molecule has 180 valence electrons. The number of Topliss-reactive ketones (excluding diaryl/α,β-unsaturated/α-hetero) is 1. The summed E-state index contributed by atoms with van der Waals surface area (Å²) in [6.07, 6.45) is 0. The van der Waals surface area contributed by atoms with Crippen LogP contribution in [0.5, 0.6) is 11.5 Å². The summed E-state index contributed by atoms with van der Waals surface area (Å²) in [4.78, 5) is 27.8. The number of aliphatic hydroxyl groups excluding tert-OH is 1. The lowest BCUT2D eigenvalue weighted by molar-refractivity contribution is -0.140. The molecule has 1 heterocycles. The van der Waals surface area contributed by atoms with E-state index in [2.05, 4.69) is 0 Å². The Morgan fingerprint density at radius 3 is 2.06 bits per heavy atom. The molecule has 1 fully saturated rings. The maximum Gasteiger partial charge on any atom is 0.295 e. The first kappa shape index (κ1) is 24.9. The lowest BCUT2D eigenvalue weighted by Crippen LogP contribution is -2.29. The number of halogens is 3. The lowest BCUT2D eigenvalue weighted by atomic mass is 9.95. The molecule has 0 radical (unpaired) electrons. The van der Waals surface area contributed by atoms with Gasteiger partial charge in [-0.05, 0) is 47.5 Å². The van der Waals surface area contributed by atoms with Gasteiger partial charge in [0.2, 0.25) is 0 Å². The summed E-state index contributed by atoms with van der Waals surface area (Å²) in [5.74, 6) is -1.06. The number of ketones is 1. The Morgan fingerprint density at radius 1 is 0.914 bits per heavy atom. The van der Waals surface area contributed by atoms with Gasteiger partial charge in [-0.1, -0.05) is 59.1 Å². The fraction of sp³-hybridized carbons (Fsp3) is 0.154. The molecule has 1 unspecified atom stereocenters. The number of ether oxygens (including phenoxy) is 2. The SMILES string of the molecule is COc1ccc(CN2C(=O)C(=O)/C(=C(/O)c3cc(Cl)c(OC)c(Cl)c3)C2c2ccc(Cl)cc2)cc1. The van der Waals surface area contributed by atoms with Crippen molar-refractivity contribution in [2.75, 3.05) is 14.2 Å². The molecule has 1 aliphatic rings. The monoisotopic (exact) mass is 531 g/mol. The number of hydrogen-bond acceptors (Lipinski definition) is 5. The van der Waals surface area contributed by atoms with Crippen LogP contribution >= 0.6 is 34.8 Å². The zero-order chi connectivity index (χ0) is 25.3. The van der Waals surface area contributed by atoms with Gasteiger partial charge in [-0.15, -0.1) is 0 Å². The first-order valence-corrected chi connectivity index (χ1v) is 11.6. The van der Waals surface area contributed by atoms with Crippen LogP contribution in [0.25, 0.3) is 5.76 Å². The van der Waals surface area contributed by atoms with Crippen LogP contribution in [0.2, 0.25) is 15.1 Å². The Balaban J connectivity index is 1.85. The minimum atomic E-state index is -0.867. The van der Waals surface area contributed by atoms with E-state index in [-0.39, 0.29) is 33.5 Å². The van der Waals surface area contributed by atoms with Gasteiger partial charge in [0.1, 0.15) is 11.5 Å². The zero-order valence-corrected chi connectivity index (χ0v) is 21.0. The van der Waals surface area contributed by atoms with E-state index in [1.807, 2.05) is 0 Å². The molecule has 1 N–H and O–H groups in total. The summed E-state index contributed by atoms with van der Waals surface area (Å²) in [5.41, 5.74) is 1.49. The second kappa shape index (κ2) is 10.2. The normalized spacial score (nSPS) is 17.1. The summed E-state index contributed by atoms with van der Waals surface area (Å²) < 4.78 is 10.4. The Bertz CT molecular complexity index is 1300. The van der Waals surface area contributed by atoms with Crippen molar-refractivity contribution in [2.45, 2.75) is 12.6 Å². The van der Waals surface area contributed by atoms with Crippen LogP contribution in [0.4, 0.5) is 0 Å². The Labute approximate surface area is 217 Å². The first-order valence-electron chi connectivity index (χ1n) is 10.4. The number of carbonyl (C=O) groups excluding carboxylic acids is 2. The molecule has 0 aromatic heterocycles. The molecule has 35 heavy (non-hydrogen) atoms. The lowest BCUT2D eigenvalue weighted by Gasteiger charge is -2.25. The number of likely N-dealkylation sites (tertiary alicyclic amines) is 1. The number of carbonyl (C=O) groups is 2. The number of rotatable bonds is 6. The smallest absolute Gasteiger partial charge is 0.295 e. The van der Waals surface area contributed by atoms with Gasteiger partial charge < -0.3 is 19.5 Å². The van der Waals surface area contributed by atoms with Crippen LogP contribution in [0.15, 0.2) is 66.2 Å². The molecular formula is C26H20Cl3NO5. The van der Waals surface area contributed by atoms with Gasteiger partial charge in [0.25, 0.3) is 11.7 Å². The molecule has 6 nitrogen and oxygen atoms in total. The molecule has 0 spiro atoms. The third-order valence-electron chi connectivity index (χ3n) is 5.71. The van der Waals surface area contributed by atoms with Crippen molar-refractivity contribution < 1.29 is 24.2 Å². The van der Waals surface area contributed by atoms with Gasteiger partial charge in [0.15, 0.2) is 5.75 Å². The summed E-state index contributed by atoms with van der Waals surface area (Å²) in [5, 5.41) is 12.0. The average molecular weight is 533 g/mol. The first-order chi connectivity index (χ1) is 16.7. The molecule has 1 atom stereocenters. The second-order valence-corrected chi connectivity index (χ2v) is 9.05. The van der Waals surface area contributed by atoms with Gasteiger partial charge in [-0.3, -0.25) is 9.59 Å². The highest BCUT2D eigenvalue weighted by atomic mass is 35.5. The topological polar surface area (TPSA) is 76.1 Å². The molecular weight excluding hydrogens is 513 g/mol. The van der Waals surface area contributed by atoms with Gasteiger partial charge in [-0.2, -0.15) is 0 Å². The number of nitrogens with zero attached hydrogens (tertiary/aromatic N) is 1. The van der Waals surface area contributed by atoms with Crippen LogP contribution < -0.4 is 9.47 Å². The Morgan fingerprint density at radius 2 is 1.51 bits per heavy atom. The van der Waals surface area contributed by atoms with Crippen molar-refractivity contribution in [1.29, 1.82) is 0 Å². The van der Waals surface area contributed by atoms with Gasteiger partial charge in [0.05, 0.1) is 35.9 Å². The minimum absolute atomic E-state index is 0.0804. The van der Waals surface area contributed by atoms with Crippen LogP contribution in [-0.4, -0.2) is 35.9 Å². The molecule has 1 saturated heterocycles. The highest BCUT2D eigenvalue weighted by Crippen LogP contribution is 2.42. The van der Waals surface area contributed by atoms with Crippen molar-refractivity contribution in [3.05, 3.63) is 98.0 Å². The van der Waals surface area contributed by atoms with Crippen LogP contribution in [0.1, 0.15) is 22.7 Å². The van der Waals surface area contributed by atoms with E-state index >= 15 is 0 Å². The molecule has 1 aliphatic heterocycles. The molecule has 0 bridgehead atoms. The highest BCUT2D eigenvalue weighted by molar-refractivity contribution is 6.46. The molecule has 1 amide bonds. The third kappa shape index (κ3) is 4.82. The average Bonchev–Trinajstić information content (AvgIpc) is 3.09. The molecule has 3 aromatic carbocycles. The van der Waals surface area contributed by atoms with E-state index in [4.69, 9.17) is 44.3 Å². The van der Waals surface area contributed by atoms with Crippen molar-refractivity contribution >= 4 is 52.3 Å². The molecule has 0 aliphatic carbocycles. The molecule has 3 aromatic rings. The predicted molar refractivity (Wildman–Crippen MR) is 135 cm³/mol. The van der Waals surface area contributed by atoms with E-state index in [1.165, 1.54) is 24.1 Å². The van der Waals surface area contributed by atoms with Crippen molar-refractivity contribution in [3.8, 4) is 11.5 Å². The minimum Gasteiger partial charge on any atom is -0.507 e. The van der Waals surface area contributed by atoms with E-state index < -0.39 is 23.5 Å². The second-order valence-electron chi connectivity index (χ2n) is 7.80. The van der Waals surface area contributed by atoms with Crippen LogP contribution in [0.3, 0.4) is 0 Å². The number of methoxy groups -OCH3 is 2. The van der Waals surface area contributed by atoms with Crippen LogP contribution in [0, 0.1) is 0 Å². The fourth-order valence-corrected chi connectivity index (χ4v) is 4.78. The van der Waals surface area contributed by atoms with Crippen LogP contribution in [-0.2, 0) is 16.1 Å². The standard InChI is InChI=1S/C26H20Cl3NO5/c1-34-18-9-3-14(4-10-18)13-30-22(15-5-7-17(27)8-6-15)21(24(32)26(30)33)23(31)16-11-19(28)25(35-2)20(29)12-16/h3-12,22,31H,13H2,1-2H3/b23-21+. The highest BCUT2D eigenvalue weighted by Gasteiger charge is 2.46. The third-order valence-corrected chi connectivity index (χ3v) is 6.53. The Kier molecular flexibility index (Phi) is 7.26. The molecule has 4 rings (SSSR count).